The minimum atomic E-state index is -0.443. The summed E-state index contributed by atoms with van der Waals surface area (Å²) in [7, 11) is 1.43. The predicted octanol–water partition coefficient (Wildman–Crippen LogP) is 3.19. The van der Waals surface area contributed by atoms with Crippen molar-refractivity contribution in [2.75, 3.05) is 7.11 Å². The van der Waals surface area contributed by atoms with E-state index in [1.165, 1.54) is 18.2 Å². The van der Waals surface area contributed by atoms with Crippen molar-refractivity contribution < 1.29 is 14.3 Å². The third-order valence-electron chi connectivity index (χ3n) is 5.33. The van der Waals surface area contributed by atoms with E-state index in [9.17, 15) is 9.59 Å². The van der Waals surface area contributed by atoms with Crippen molar-refractivity contribution in [2.24, 2.45) is 5.92 Å². The fourth-order valence-corrected chi connectivity index (χ4v) is 4.32. The largest absolute Gasteiger partial charge is 0.469 e. The molecule has 21 heavy (non-hydrogen) atoms. The summed E-state index contributed by atoms with van der Waals surface area (Å²) in [5.41, 5.74) is 2.02. The van der Waals surface area contributed by atoms with Gasteiger partial charge < -0.3 is 4.74 Å². The van der Waals surface area contributed by atoms with Gasteiger partial charge in [0.05, 0.1) is 12.5 Å². The molecule has 2 atom stereocenters. The van der Waals surface area contributed by atoms with Crippen LogP contribution in [-0.4, -0.2) is 18.9 Å². The van der Waals surface area contributed by atoms with Crippen LogP contribution in [0.4, 0.5) is 0 Å². The SMILES string of the molecule is COC(=O)CC1CCCC[C@]12C(=O)CCc1ccccc12. The van der Waals surface area contributed by atoms with Crippen LogP contribution in [0.1, 0.15) is 49.7 Å². The lowest BCUT2D eigenvalue weighted by atomic mass is 9.56. The second-order valence-corrected chi connectivity index (χ2v) is 6.27. The first-order chi connectivity index (χ1) is 10.2. The zero-order valence-corrected chi connectivity index (χ0v) is 12.6. The van der Waals surface area contributed by atoms with E-state index in [4.69, 9.17) is 4.74 Å². The van der Waals surface area contributed by atoms with Crippen molar-refractivity contribution in [3.8, 4) is 0 Å². The number of carbonyl (C=O) groups excluding carboxylic acids is 2. The van der Waals surface area contributed by atoms with E-state index in [0.29, 0.717) is 18.6 Å². The van der Waals surface area contributed by atoms with Crippen molar-refractivity contribution in [1.82, 2.24) is 0 Å². The van der Waals surface area contributed by atoms with Gasteiger partial charge in [0.2, 0.25) is 0 Å². The molecule has 1 fully saturated rings. The Morgan fingerprint density at radius 3 is 2.90 bits per heavy atom. The van der Waals surface area contributed by atoms with Crippen molar-refractivity contribution >= 4 is 11.8 Å². The predicted molar refractivity (Wildman–Crippen MR) is 80.0 cm³/mol. The molecule has 1 unspecified atom stereocenters. The highest BCUT2D eigenvalue weighted by Gasteiger charge is 2.50. The van der Waals surface area contributed by atoms with E-state index >= 15 is 0 Å². The van der Waals surface area contributed by atoms with Gasteiger partial charge in [0.15, 0.2) is 0 Å². The van der Waals surface area contributed by atoms with Gasteiger partial charge in [0, 0.05) is 12.8 Å². The number of ether oxygens (including phenoxy) is 1. The van der Waals surface area contributed by atoms with Crippen LogP contribution >= 0.6 is 0 Å². The number of ketones is 1. The van der Waals surface area contributed by atoms with E-state index in [-0.39, 0.29) is 11.9 Å². The summed E-state index contributed by atoms with van der Waals surface area (Å²) in [5.74, 6) is 0.222. The quantitative estimate of drug-likeness (QED) is 0.784. The molecule has 2 aliphatic rings. The van der Waals surface area contributed by atoms with Crippen LogP contribution in [0.2, 0.25) is 0 Å². The molecule has 3 heteroatoms. The van der Waals surface area contributed by atoms with Gasteiger partial charge >= 0.3 is 5.97 Å². The Morgan fingerprint density at radius 2 is 2.10 bits per heavy atom. The third-order valence-corrected chi connectivity index (χ3v) is 5.33. The topological polar surface area (TPSA) is 43.4 Å². The molecule has 112 valence electrons. The van der Waals surface area contributed by atoms with Crippen LogP contribution in [0.15, 0.2) is 24.3 Å². The van der Waals surface area contributed by atoms with Crippen molar-refractivity contribution in [3.05, 3.63) is 35.4 Å². The lowest BCUT2D eigenvalue weighted by Gasteiger charge is -2.46. The minimum Gasteiger partial charge on any atom is -0.469 e. The molecule has 0 aromatic heterocycles. The van der Waals surface area contributed by atoms with E-state index in [0.717, 1.165) is 32.1 Å². The van der Waals surface area contributed by atoms with Crippen molar-refractivity contribution in [2.45, 2.75) is 50.4 Å². The summed E-state index contributed by atoms with van der Waals surface area (Å²) in [6.45, 7) is 0. The third kappa shape index (κ3) is 2.29. The molecule has 1 saturated carbocycles. The van der Waals surface area contributed by atoms with Crippen LogP contribution in [0.3, 0.4) is 0 Å². The Hall–Kier alpha value is -1.64. The molecular weight excluding hydrogens is 264 g/mol. The normalized spacial score (nSPS) is 28.2. The Bertz CT molecular complexity index is 563. The number of hydrogen-bond donors (Lipinski definition) is 0. The highest BCUT2D eigenvalue weighted by atomic mass is 16.5. The molecule has 0 amide bonds. The summed E-state index contributed by atoms with van der Waals surface area (Å²) >= 11 is 0. The zero-order valence-electron chi connectivity index (χ0n) is 12.6. The molecule has 0 radical (unpaired) electrons. The van der Waals surface area contributed by atoms with E-state index in [1.807, 2.05) is 12.1 Å². The Kier molecular flexibility index (Phi) is 3.83. The number of aryl methyl sites for hydroxylation is 1. The number of rotatable bonds is 2. The highest BCUT2D eigenvalue weighted by molar-refractivity contribution is 5.93. The Labute approximate surface area is 125 Å². The molecular formula is C18H22O3. The van der Waals surface area contributed by atoms with Crippen molar-refractivity contribution in [1.29, 1.82) is 0 Å². The maximum absolute atomic E-state index is 12.9. The fraction of sp³-hybridized carbons (Fsp3) is 0.556. The number of carbonyl (C=O) groups is 2. The lowest BCUT2D eigenvalue weighted by molar-refractivity contribution is -0.143. The van der Waals surface area contributed by atoms with Gasteiger partial charge in [-0.05, 0) is 36.3 Å². The van der Waals surface area contributed by atoms with Gasteiger partial charge in [-0.3, -0.25) is 9.59 Å². The van der Waals surface area contributed by atoms with Crippen LogP contribution in [0.5, 0.6) is 0 Å². The lowest BCUT2D eigenvalue weighted by Crippen LogP contribution is -2.48. The smallest absolute Gasteiger partial charge is 0.305 e. The average Bonchev–Trinajstić information content (AvgIpc) is 2.53. The van der Waals surface area contributed by atoms with E-state index < -0.39 is 5.41 Å². The minimum absolute atomic E-state index is 0.0904. The zero-order chi connectivity index (χ0) is 14.9. The molecule has 0 N–H and O–H groups in total. The molecule has 3 rings (SSSR count). The number of benzene rings is 1. The monoisotopic (exact) mass is 286 g/mol. The van der Waals surface area contributed by atoms with Crippen LogP contribution < -0.4 is 0 Å². The molecule has 0 aliphatic heterocycles. The molecule has 0 bridgehead atoms. The first-order valence-corrected chi connectivity index (χ1v) is 7.87. The summed E-state index contributed by atoms with van der Waals surface area (Å²) in [6, 6.07) is 8.29. The van der Waals surface area contributed by atoms with Crippen LogP contribution in [-0.2, 0) is 26.2 Å². The maximum Gasteiger partial charge on any atom is 0.305 e. The Morgan fingerprint density at radius 1 is 1.29 bits per heavy atom. The molecule has 0 saturated heterocycles. The number of fused-ring (bicyclic) bond motifs is 2. The fourth-order valence-electron chi connectivity index (χ4n) is 4.32. The van der Waals surface area contributed by atoms with Gasteiger partial charge in [-0.15, -0.1) is 0 Å². The molecule has 2 aliphatic carbocycles. The maximum atomic E-state index is 12.9. The number of hydrogen-bond acceptors (Lipinski definition) is 3. The first kappa shape index (κ1) is 14.3. The highest BCUT2D eigenvalue weighted by Crippen LogP contribution is 2.50. The molecule has 1 aromatic carbocycles. The van der Waals surface area contributed by atoms with Gasteiger partial charge in [-0.2, -0.15) is 0 Å². The van der Waals surface area contributed by atoms with E-state index in [2.05, 4.69) is 12.1 Å². The standard InChI is InChI=1S/C18H22O3/c1-21-17(20)12-14-7-4-5-11-18(14)15-8-3-2-6-13(15)9-10-16(18)19/h2-3,6,8,14H,4-5,7,9-12H2,1H3/t14?,18-/m0/s1. The molecule has 1 aromatic rings. The average molecular weight is 286 g/mol. The van der Waals surface area contributed by atoms with Crippen LogP contribution in [0, 0.1) is 5.92 Å². The second-order valence-electron chi connectivity index (χ2n) is 6.27. The van der Waals surface area contributed by atoms with Gasteiger partial charge in [-0.25, -0.2) is 0 Å². The van der Waals surface area contributed by atoms with E-state index in [1.54, 1.807) is 0 Å². The van der Waals surface area contributed by atoms with Gasteiger partial charge in [0.1, 0.15) is 5.78 Å². The van der Waals surface area contributed by atoms with Crippen molar-refractivity contribution in [3.63, 3.8) is 0 Å². The summed E-state index contributed by atoms with van der Waals surface area (Å²) in [5, 5.41) is 0. The number of methoxy groups -OCH3 is 1. The number of esters is 1. The summed E-state index contributed by atoms with van der Waals surface area (Å²) in [4.78, 5) is 24.7. The number of Topliss-reactive ketones (excluding diaryl/α,β-unsaturated/α-hetero) is 1. The van der Waals surface area contributed by atoms with Gasteiger partial charge in [0.25, 0.3) is 0 Å². The van der Waals surface area contributed by atoms with Gasteiger partial charge in [-0.1, -0.05) is 37.1 Å². The summed E-state index contributed by atoms with van der Waals surface area (Å²) < 4.78 is 4.86. The molecule has 0 heterocycles. The summed E-state index contributed by atoms with van der Waals surface area (Å²) in [6.07, 6.45) is 5.78. The molecule has 3 nitrogen and oxygen atoms in total. The van der Waals surface area contributed by atoms with Crippen LogP contribution in [0.25, 0.3) is 0 Å². The Balaban J connectivity index is 2.06. The first-order valence-electron chi connectivity index (χ1n) is 7.87. The molecule has 1 spiro atoms. The second kappa shape index (κ2) is 5.63.